The zero-order valence-corrected chi connectivity index (χ0v) is 19.2. The molecule has 1 aliphatic heterocycles. The van der Waals surface area contributed by atoms with Crippen LogP contribution in [0, 0.1) is 13.8 Å². The third kappa shape index (κ3) is 4.93. The summed E-state index contributed by atoms with van der Waals surface area (Å²) in [6.45, 7) is 10.4. The standard InChI is InChI=1S/C17H23N4P.V.Y/c1-3-20(4-2)14-9-7-13(8-10-14)15-12-18-17(19-15)16-6-5-11-21(16)22;;/h7-10,12,16H,1-6,11,22H2,(H,18,19);;/q-2;;. The summed E-state index contributed by atoms with van der Waals surface area (Å²) in [4.78, 5) is 10.2. The molecule has 24 heavy (non-hydrogen) atoms. The average Bonchev–Trinajstić information content (AvgIpc) is 3.18. The second kappa shape index (κ2) is 10.5. The second-order valence-corrected chi connectivity index (χ2v) is 6.28. The Bertz CT molecular complexity index is 615. The van der Waals surface area contributed by atoms with Gasteiger partial charge in [0.1, 0.15) is 5.82 Å². The number of rotatable bonds is 5. The number of aromatic nitrogens is 2. The molecule has 2 radical (unpaired) electrons. The Hall–Kier alpha value is 0.308. The number of benzene rings is 1. The summed E-state index contributed by atoms with van der Waals surface area (Å²) in [7, 11) is 2.81. The summed E-state index contributed by atoms with van der Waals surface area (Å²) in [5.74, 6) is 1.06. The van der Waals surface area contributed by atoms with Gasteiger partial charge in [0, 0.05) is 63.5 Å². The Balaban J connectivity index is 0.00000144. The zero-order chi connectivity index (χ0) is 15.5. The first-order chi connectivity index (χ1) is 10.7. The fourth-order valence-electron chi connectivity index (χ4n) is 2.96. The van der Waals surface area contributed by atoms with E-state index >= 15 is 0 Å². The molecule has 2 heterocycles. The molecule has 1 fully saturated rings. The second-order valence-electron chi connectivity index (χ2n) is 5.61. The Morgan fingerprint density at radius 1 is 1.25 bits per heavy atom. The van der Waals surface area contributed by atoms with E-state index in [-0.39, 0.29) is 51.3 Å². The molecule has 0 saturated carbocycles. The van der Waals surface area contributed by atoms with Crippen molar-refractivity contribution in [3.8, 4) is 11.3 Å². The van der Waals surface area contributed by atoms with E-state index in [1.165, 1.54) is 6.42 Å². The van der Waals surface area contributed by atoms with Gasteiger partial charge in [-0.3, -0.25) is 4.67 Å². The fourth-order valence-corrected chi connectivity index (χ4v) is 3.43. The van der Waals surface area contributed by atoms with Crippen molar-refractivity contribution >= 4 is 15.1 Å². The Morgan fingerprint density at radius 2 is 1.92 bits per heavy atom. The van der Waals surface area contributed by atoms with Crippen molar-refractivity contribution in [2.75, 3.05) is 24.5 Å². The van der Waals surface area contributed by atoms with Gasteiger partial charge in [-0.05, 0) is 30.5 Å². The summed E-state index contributed by atoms with van der Waals surface area (Å²) in [6.07, 6.45) is 4.32. The summed E-state index contributed by atoms with van der Waals surface area (Å²) >= 11 is 0. The average molecular weight is 454 g/mol. The number of anilines is 1. The van der Waals surface area contributed by atoms with E-state index in [4.69, 9.17) is 0 Å². The van der Waals surface area contributed by atoms with Crippen molar-refractivity contribution in [2.24, 2.45) is 0 Å². The smallest absolute Gasteiger partial charge is 0.124 e. The van der Waals surface area contributed by atoms with Gasteiger partial charge < -0.3 is 23.7 Å². The molecule has 0 bridgehead atoms. The van der Waals surface area contributed by atoms with Crippen LogP contribution < -0.4 is 4.90 Å². The maximum absolute atomic E-state index is 4.57. The van der Waals surface area contributed by atoms with Crippen molar-refractivity contribution in [3.63, 3.8) is 0 Å². The van der Waals surface area contributed by atoms with Crippen LogP contribution in [0.4, 0.5) is 5.69 Å². The molecular weight excluding hydrogens is 431 g/mol. The molecule has 1 saturated heterocycles. The topological polar surface area (TPSA) is 35.2 Å². The van der Waals surface area contributed by atoms with Gasteiger partial charge >= 0.3 is 0 Å². The minimum Gasteiger partial charge on any atom is -0.432 e. The van der Waals surface area contributed by atoms with Gasteiger partial charge in [0.2, 0.25) is 0 Å². The van der Waals surface area contributed by atoms with Crippen molar-refractivity contribution in [3.05, 3.63) is 50.1 Å². The Labute approximate surface area is 184 Å². The number of H-pyrrole nitrogens is 1. The van der Waals surface area contributed by atoms with E-state index in [0.717, 1.165) is 48.8 Å². The molecule has 0 amide bonds. The molecule has 4 nitrogen and oxygen atoms in total. The van der Waals surface area contributed by atoms with Crippen LogP contribution in [0.25, 0.3) is 11.3 Å². The van der Waals surface area contributed by atoms with Crippen LogP contribution in [0.5, 0.6) is 0 Å². The molecule has 7 heteroatoms. The van der Waals surface area contributed by atoms with Crippen LogP contribution in [0.3, 0.4) is 0 Å². The Kier molecular flexibility index (Phi) is 9.74. The maximum atomic E-state index is 4.57. The zero-order valence-electron chi connectivity index (χ0n) is 13.9. The minimum absolute atomic E-state index is 0. The minimum atomic E-state index is 0. The first-order valence-corrected chi connectivity index (χ1v) is 8.24. The van der Waals surface area contributed by atoms with Crippen molar-refractivity contribution < 1.29 is 51.3 Å². The third-order valence-corrected chi connectivity index (χ3v) is 4.91. The molecule has 1 aliphatic rings. The number of nitrogens with zero attached hydrogens (tertiary/aromatic N) is 3. The van der Waals surface area contributed by atoms with E-state index in [1.807, 2.05) is 6.20 Å². The molecule has 1 N–H and O–H groups in total. The maximum Gasteiger partial charge on any atom is 0.124 e. The van der Waals surface area contributed by atoms with E-state index in [0.29, 0.717) is 6.04 Å². The van der Waals surface area contributed by atoms with Crippen molar-refractivity contribution in [1.29, 1.82) is 0 Å². The molecule has 0 spiro atoms. The first kappa shape index (κ1) is 22.3. The SMILES string of the molecule is [CH2-]CN(C[CH2-])c1ccc(-c2cnc(C3CCCN3P)[nH]2)cc1.[V].[Y]. The number of aromatic amines is 1. The normalized spacial score (nSPS) is 17.2. The van der Waals surface area contributed by atoms with Gasteiger partial charge in [0.25, 0.3) is 0 Å². The fraction of sp³-hybridized carbons (Fsp3) is 0.353. The van der Waals surface area contributed by atoms with Crippen LogP contribution >= 0.6 is 9.39 Å². The molecule has 2 unspecified atom stereocenters. The summed E-state index contributed by atoms with van der Waals surface area (Å²) in [5, 5.41) is 0. The van der Waals surface area contributed by atoms with Gasteiger partial charge in [-0.25, -0.2) is 4.98 Å². The number of nitrogens with one attached hydrogen (secondary N) is 1. The molecule has 1 aromatic carbocycles. The largest absolute Gasteiger partial charge is 0.432 e. The van der Waals surface area contributed by atoms with E-state index < -0.39 is 0 Å². The van der Waals surface area contributed by atoms with E-state index in [9.17, 15) is 0 Å². The van der Waals surface area contributed by atoms with Crippen molar-refractivity contribution in [2.45, 2.75) is 18.9 Å². The van der Waals surface area contributed by atoms with Gasteiger partial charge in [-0.1, -0.05) is 21.5 Å². The monoisotopic (exact) mass is 454 g/mol. The van der Waals surface area contributed by atoms with Gasteiger partial charge in [-0.2, -0.15) is 0 Å². The van der Waals surface area contributed by atoms with Crippen LogP contribution in [-0.2, 0) is 51.3 Å². The van der Waals surface area contributed by atoms with Crippen LogP contribution in [-0.4, -0.2) is 34.3 Å². The molecule has 2 aromatic rings. The molecular formula is C17H23N4PVY-2. The first-order valence-electron chi connectivity index (χ1n) is 7.73. The van der Waals surface area contributed by atoms with Gasteiger partial charge in [0.15, 0.2) is 0 Å². The summed E-state index contributed by atoms with van der Waals surface area (Å²) < 4.78 is 2.28. The molecule has 0 aliphatic carbocycles. The Morgan fingerprint density at radius 3 is 2.46 bits per heavy atom. The number of hydrogen-bond acceptors (Lipinski definition) is 3. The third-order valence-electron chi connectivity index (χ3n) is 4.29. The molecule has 3 rings (SSSR count). The molecule has 2 atom stereocenters. The predicted molar refractivity (Wildman–Crippen MR) is 95.3 cm³/mol. The van der Waals surface area contributed by atoms with Gasteiger partial charge in [-0.15, -0.1) is 13.1 Å². The van der Waals surface area contributed by atoms with E-state index in [1.54, 1.807) is 0 Å². The van der Waals surface area contributed by atoms with E-state index in [2.05, 4.69) is 67.0 Å². The molecule has 1 aromatic heterocycles. The summed E-state index contributed by atoms with van der Waals surface area (Å²) in [5.41, 5.74) is 3.38. The van der Waals surface area contributed by atoms with Crippen molar-refractivity contribution in [1.82, 2.24) is 14.6 Å². The van der Waals surface area contributed by atoms with Crippen LogP contribution in [0.15, 0.2) is 30.5 Å². The van der Waals surface area contributed by atoms with Crippen LogP contribution in [0.1, 0.15) is 24.7 Å². The quantitative estimate of drug-likeness (QED) is 0.556. The number of hydrogen-bond donors (Lipinski definition) is 1. The number of imidazole rings is 1. The predicted octanol–water partition coefficient (Wildman–Crippen LogP) is 3.47. The molecule has 126 valence electrons. The summed E-state index contributed by atoms with van der Waals surface area (Å²) in [6, 6.07) is 8.87. The van der Waals surface area contributed by atoms with Gasteiger partial charge in [0.05, 0.1) is 17.9 Å². The van der Waals surface area contributed by atoms with Crippen LogP contribution in [0.2, 0.25) is 0 Å².